The van der Waals surface area contributed by atoms with E-state index in [2.05, 4.69) is 19.9 Å². The van der Waals surface area contributed by atoms with Crippen molar-refractivity contribution in [1.29, 1.82) is 0 Å². The summed E-state index contributed by atoms with van der Waals surface area (Å²) in [5.74, 6) is 1.13. The number of benzene rings is 1. The fourth-order valence-corrected chi connectivity index (χ4v) is 4.00. The van der Waals surface area contributed by atoms with Gasteiger partial charge < -0.3 is 14.5 Å². The lowest BCUT2D eigenvalue weighted by Gasteiger charge is -2.35. The number of carbonyl (C=O) groups excluding carboxylic acids is 2. The van der Waals surface area contributed by atoms with Crippen LogP contribution < -0.4 is 4.74 Å². The first-order valence-corrected chi connectivity index (χ1v) is 9.82. The van der Waals surface area contributed by atoms with Crippen molar-refractivity contribution in [2.75, 3.05) is 26.7 Å². The van der Waals surface area contributed by atoms with E-state index in [1.165, 1.54) is 5.57 Å². The molecule has 0 radical (unpaired) electrons. The summed E-state index contributed by atoms with van der Waals surface area (Å²) in [6, 6.07) is 8.00. The van der Waals surface area contributed by atoms with Gasteiger partial charge in [0.15, 0.2) is 0 Å². The lowest BCUT2D eigenvalue weighted by molar-refractivity contribution is -0.139. The summed E-state index contributed by atoms with van der Waals surface area (Å²) in [6.45, 7) is 5.99. The number of methoxy groups -OCH3 is 1. The Morgan fingerprint density at radius 3 is 2.81 bits per heavy atom. The fourth-order valence-electron chi connectivity index (χ4n) is 4.00. The maximum atomic E-state index is 12.8. The van der Waals surface area contributed by atoms with Crippen molar-refractivity contribution in [2.24, 2.45) is 5.92 Å². The minimum absolute atomic E-state index is 0.0462. The van der Waals surface area contributed by atoms with E-state index in [4.69, 9.17) is 4.74 Å². The number of amides is 2. The molecule has 0 spiro atoms. The van der Waals surface area contributed by atoms with Crippen molar-refractivity contribution in [1.82, 2.24) is 9.80 Å². The lowest BCUT2D eigenvalue weighted by atomic mass is 9.94. The number of aryl methyl sites for hydroxylation is 1. The van der Waals surface area contributed by atoms with Crippen molar-refractivity contribution >= 4 is 11.8 Å². The second-order valence-corrected chi connectivity index (χ2v) is 7.85. The summed E-state index contributed by atoms with van der Waals surface area (Å²) in [5.41, 5.74) is 2.32. The molecule has 0 N–H and O–H groups in total. The topological polar surface area (TPSA) is 49.9 Å². The molecule has 0 unspecified atom stereocenters. The minimum Gasteiger partial charge on any atom is -0.497 e. The van der Waals surface area contributed by atoms with Crippen molar-refractivity contribution < 1.29 is 14.3 Å². The smallest absolute Gasteiger partial charge is 0.228 e. The zero-order valence-corrected chi connectivity index (χ0v) is 16.6. The van der Waals surface area contributed by atoms with Crippen molar-refractivity contribution in [2.45, 2.75) is 45.6 Å². The monoisotopic (exact) mass is 370 g/mol. The molecule has 3 heterocycles. The number of carbonyl (C=O) groups is 2. The molecule has 0 aliphatic carbocycles. The number of nitrogens with zero attached hydrogens (tertiary/aromatic N) is 2. The number of hydrogen-bond acceptors (Lipinski definition) is 3. The molecule has 3 saturated heterocycles. The quantitative estimate of drug-likeness (QED) is 0.723. The van der Waals surface area contributed by atoms with Gasteiger partial charge in [-0.2, -0.15) is 0 Å². The molecule has 3 fully saturated rings. The molecule has 5 nitrogen and oxygen atoms in total. The molecule has 2 bridgehead atoms. The predicted octanol–water partition coefficient (Wildman–Crippen LogP) is 3.04. The Labute approximate surface area is 162 Å². The summed E-state index contributed by atoms with van der Waals surface area (Å²) < 4.78 is 5.25. The highest BCUT2D eigenvalue weighted by atomic mass is 16.5. The molecule has 2 atom stereocenters. The first-order valence-electron chi connectivity index (χ1n) is 9.82. The summed E-state index contributed by atoms with van der Waals surface area (Å²) in [6.07, 6.45) is 5.15. The highest BCUT2D eigenvalue weighted by Gasteiger charge is 2.41. The summed E-state index contributed by atoms with van der Waals surface area (Å²) in [7, 11) is 1.65. The van der Waals surface area contributed by atoms with Gasteiger partial charge in [0, 0.05) is 32.1 Å². The number of allylic oxidation sites excluding steroid dienone is 1. The first kappa shape index (κ1) is 19.5. The average Bonchev–Trinajstić information content (AvgIpc) is 2.96. The van der Waals surface area contributed by atoms with Crippen LogP contribution in [0.5, 0.6) is 5.75 Å². The van der Waals surface area contributed by atoms with Gasteiger partial charge in [-0.3, -0.25) is 9.59 Å². The van der Waals surface area contributed by atoms with Crippen LogP contribution in [0, 0.1) is 5.92 Å². The maximum Gasteiger partial charge on any atom is 0.228 e. The molecule has 5 heteroatoms. The molecule has 146 valence electrons. The second kappa shape index (κ2) is 8.59. The van der Waals surface area contributed by atoms with Crippen molar-refractivity contribution in [3.63, 3.8) is 0 Å². The van der Waals surface area contributed by atoms with Crippen LogP contribution in [0.15, 0.2) is 35.9 Å². The van der Waals surface area contributed by atoms with E-state index >= 15 is 0 Å². The second-order valence-electron chi connectivity index (χ2n) is 7.85. The van der Waals surface area contributed by atoms with E-state index in [0.717, 1.165) is 24.2 Å². The van der Waals surface area contributed by atoms with Crippen LogP contribution in [0.25, 0.3) is 0 Å². The van der Waals surface area contributed by atoms with E-state index < -0.39 is 0 Å². The SMILES string of the molecule is COc1cccc(CCC(=O)N2C[C@H]3CC[C@@H](C2)N(CC=C(C)C)C3=O)c1. The lowest BCUT2D eigenvalue weighted by Crippen LogP contribution is -2.48. The molecule has 2 amide bonds. The normalized spacial score (nSPS) is 21.8. The largest absolute Gasteiger partial charge is 0.497 e. The standard InChI is InChI=1S/C22H30N2O3/c1-16(2)11-12-24-19-9-8-18(22(24)26)14-23(15-19)21(25)10-7-17-5-4-6-20(13-17)27-3/h4-6,11,13,18-19H,7-10,12,14-15H2,1-3H3/t18-,19+/m1/s1. The van der Waals surface area contributed by atoms with E-state index in [0.29, 0.717) is 32.5 Å². The Hall–Kier alpha value is -2.30. The van der Waals surface area contributed by atoms with Gasteiger partial charge >= 0.3 is 0 Å². The highest BCUT2D eigenvalue weighted by Crippen LogP contribution is 2.29. The summed E-state index contributed by atoms with van der Waals surface area (Å²) in [4.78, 5) is 29.5. The van der Waals surface area contributed by atoms with Crippen LogP contribution in [-0.4, -0.2) is 54.4 Å². The zero-order valence-electron chi connectivity index (χ0n) is 16.6. The molecule has 3 aliphatic rings. The van der Waals surface area contributed by atoms with Crippen molar-refractivity contribution in [3.8, 4) is 5.75 Å². The van der Waals surface area contributed by atoms with Gasteiger partial charge in [0.1, 0.15) is 5.75 Å². The van der Waals surface area contributed by atoms with Crippen LogP contribution in [0.4, 0.5) is 0 Å². The minimum atomic E-state index is -0.0462. The Morgan fingerprint density at radius 2 is 2.07 bits per heavy atom. The van der Waals surface area contributed by atoms with Crippen LogP contribution in [0.3, 0.4) is 0 Å². The first-order chi connectivity index (χ1) is 13.0. The Balaban J connectivity index is 1.63. The molecular weight excluding hydrogens is 340 g/mol. The number of piperidine rings is 1. The van der Waals surface area contributed by atoms with E-state index in [9.17, 15) is 9.59 Å². The molecule has 4 rings (SSSR count). The summed E-state index contributed by atoms with van der Waals surface area (Å²) in [5, 5.41) is 0. The number of ether oxygens (including phenoxy) is 1. The zero-order chi connectivity index (χ0) is 19.4. The average molecular weight is 370 g/mol. The third kappa shape index (κ3) is 4.71. The third-order valence-electron chi connectivity index (χ3n) is 5.60. The van der Waals surface area contributed by atoms with Gasteiger partial charge in [-0.1, -0.05) is 23.8 Å². The van der Waals surface area contributed by atoms with Gasteiger partial charge in [-0.25, -0.2) is 0 Å². The van der Waals surface area contributed by atoms with Crippen LogP contribution in [-0.2, 0) is 16.0 Å². The molecule has 0 saturated carbocycles. The van der Waals surface area contributed by atoms with Gasteiger partial charge in [-0.05, 0) is 50.8 Å². The number of rotatable bonds is 6. The molecule has 0 aromatic heterocycles. The molecule has 1 aromatic carbocycles. The molecule has 27 heavy (non-hydrogen) atoms. The van der Waals surface area contributed by atoms with Crippen LogP contribution in [0.1, 0.15) is 38.7 Å². The molecule has 3 aliphatic heterocycles. The van der Waals surface area contributed by atoms with Crippen LogP contribution in [0.2, 0.25) is 0 Å². The fraction of sp³-hybridized carbons (Fsp3) is 0.545. The molecule has 1 aromatic rings. The predicted molar refractivity (Wildman–Crippen MR) is 106 cm³/mol. The Bertz CT molecular complexity index is 724. The summed E-state index contributed by atoms with van der Waals surface area (Å²) >= 11 is 0. The maximum absolute atomic E-state index is 12.8. The Kier molecular flexibility index (Phi) is 6.19. The molecular formula is C22H30N2O3. The Morgan fingerprint density at radius 1 is 1.26 bits per heavy atom. The number of fused-ring (bicyclic) bond motifs is 4. The van der Waals surface area contributed by atoms with Crippen LogP contribution >= 0.6 is 0 Å². The van der Waals surface area contributed by atoms with E-state index in [1.54, 1.807) is 7.11 Å². The highest BCUT2D eigenvalue weighted by molar-refractivity contribution is 5.83. The third-order valence-corrected chi connectivity index (χ3v) is 5.60. The van der Waals surface area contributed by atoms with E-state index in [-0.39, 0.29) is 23.8 Å². The van der Waals surface area contributed by atoms with E-state index in [1.807, 2.05) is 34.1 Å². The van der Waals surface area contributed by atoms with Gasteiger partial charge in [0.05, 0.1) is 13.0 Å². The number of hydrogen-bond donors (Lipinski definition) is 0. The van der Waals surface area contributed by atoms with Gasteiger partial charge in [-0.15, -0.1) is 0 Å². The van der Waals surface area contributed by atoms with Gasteiger partial charge in [0.25, 0.3) is 0 Å². The van der Waals surface area contributed by atoms with Crippen molar-refractivity contribution in [3.05, 3.63) is 41.5 Å². The van der Waals surface area contributed by atoms with Gasteiger partial charge in [0.2, 0.25) is 11.8 Å².